The molecule has 14 aromatic carbocycles. The molecule has 14 rings (SSSR count). The van der Waals surface area contributed by atoms with Crippen molar-refractivity contribution in [2.24, 2.45) is 0 Å². The summed E-state index contributed by atoms with van der Waals surface area (Å²) in [5.74, 6) is 0. The highest BCUT2D eigenvalue weighted by Gasteiger charge is 2.18. The summed E-state index contributed by atoms with van der Waals surface area (Å²) in [6.45, 7) is 8.44. The summed E-state index contributed by atoms with van der Waals surface area (Å²) in [4.78, 5) is 4.40. The summed E-state index contributed by atoms with van der Waals surface area (Å²) < 4.78 is 0. The van der Waals surface area contributed by atoms with Gasteiger partial charge in [-0.1, -0.05) is 241 Å². The Balaban J connectivity index is 0.000000119. The molecular weight excluding hydrogens is 941 g/mol. The average Bonchev–Trinajstić information content (AvgIpc) is 2.96. The Morgan fingerprint density at radius 3 is 0.679 bits per heavy atom. The van der Waals surface area contributed by atoms with Crippen LogP contribution in [-0.4, -0.2) is 14.1 Å². The third-order valence-corrected chi connectivity index (χ3v) is 15.6. The van der Waals surface area contributed by atoms with Gasteiger partial charge in [0.1, 0.15) is 0 Å². The van der Waals surface area contributed by atoms with Crippen LogP contribution in [0, 0.1) is 27.7 Å². The molecular formula is C76H62N2. The van der Waals surface area contributed by atoms with Gasteiger partial charge in [-0.25, -0.2) is 0 Å². The largest absolute Gasteiger partial charge is 0.345 e. The van der Waals surface area contributed by atoms with Crippen molar-refractivity contribution in [3.8, 4) is 0 Å². The van der Waals surface area contributed by atoms with Crippen molar-refractivity contribution in [1.82, 2.24) is 0 Å². The third kappa shape index (κ3) is 9.81. The van der Waals surface area contributed by atoms with Gasteiger partial charge in [0.05, 0.1) is 0 Å². The molecule has 78 heavy (non-hydrogen) atoms. The van der Waals surface area contributed by atoms with Crippen LogP contribution in [0.15, 0.2) is 243 Å². The Hall–Kier alpha value is -9.50. The maximum atomic E-state index is 2.35. The van der Waals surface area contributed by atoms with E-state index in [9.17, 15) is 0 Å². The molecule has 0 spiro atoms. The van der Waals surface area contributed by atoms with Gasteiger partial charge in [-0.15, -0.1) is 0 Å². The normalized spacial score (nSPS) is 11.6. The Kier molecular flexibility index (Phi) is 13.5. The number of rotatable bonds is 8. The molecule has 0 aromatic heterocycles. The van der Waals surface area contributed by atoms with Crippen LogP contribution < -0.4 is 9.80 Å². The molecule has 0 bridgehead atoms. The molecule has 0 saturated heterocycles. The van der Waals surface area contributed by atoms with Crippen LogP contribution in [0.4, 0.5) is 22.7 Å². The predicted molar refractivity (Wildman–Crippen MR) is 343 cm³/mol. The first-order valence-electron chi connectivity index (χ1n) is 27.1. The lowest BCUT2D eigenvalue weighted by molar-refractivity contribution is 1.20. The zero-order valence-electron chi connectivity index (χ0n) is 45.3. The van der Waals surface area contributed by atoms with Gasteiger partial charge >= 0.3 is 0 Å². The number of hydrogen-bond acceptors (Lipinski definition) is 2. The minimum atomic E-state index is 1.19. The highest BCUT2D eigenvalue weighted by molar-refractivity contribution is 6.42. The van der Waals surface area contributed by atoms with Gasteiger partial charge in [-0.3, -0.25) is 0 Å². The van der Waals surface area contributed by atoms with Crippen LogP contribution in [0.1, 0.15) is 44.5 Å². The Bertz CT molecular complexity index is 4010. The van der Waals surface area contributed by atoms with Crippen LogP contribution in [0.3, 0.4) is 0 Å². The van der Waals surface area contributed by atoms with E-state index in [2.05, 4.69) is 319 Å². The molecule has 0 aliphatic rings. The van der Waals surface area contributed by atoms with Crippen molar-refractivity contribution < 1.29 is 0 Å². The fourth-order valence-electron chi connectivity index (χ4n) is 11.2. The summed E-state index contributed by atoms with van der Waals surface area (Å²) in [5.41, 5.74) is 14.8. The molecule has 0 amide bonds. The molecule has 0 unspecified atom stereocenters. The van der Waals surface area contributed by atoms with Gasteiger partial charge in [0.25, 0.3) is 0 Å². The third-order valence-electron chi connectivity index (χ3n) is 15.6. The number of fused-ring (bicyclic) bond motifs is 4. The summed E-state index contributed by atoms with van der Waals surface area (Å²) >= 11 is 0. The summed E-state index contributed by atoms with van der Waals surface area (Å²) in [7, 11) is 4.20. The van der Waals surface area contributed by atoms with E-state index < -0.39 is 0 Å². The second-order valence-electron chi connectivity index (χ2n) is 21.0. The molecule has 2 nitrogen and oxygen atoms in total. The molecule has 0 aliphatic heterocycles. The lowest BCUT2D eigenvalue weighted by atomic mass is 9.84. The molecule has 376 valence electrons. The number of hydrogen-bond donors (Lipinski definition) is 0. The van der Waals surface area contributed by atoms with Crippen LogP contribution in [-0.2, 0) is 0 Å². The number of anilines is 4. The average molecular weight is 1000 g/mol. The van der Waals surface area contributed by atoms with Gasteiger partial charge in [0.15, 0.2) is 0 Å². The highest BCUT2D eigenvalue weighted by atomic mass is 15.1. The number of aryl methyl sites for hydroxylation is 4. The zero-order valence-corrected chi connectivity index (χ0v) is 45.3. The van der Waals surface area contributed by atoms with Crippen LogP contribution in [0.5, 0.6) is 0 Å². The van der Waals surface area contributed by atoms with E-state index in [-0.39, 0.29) is 0 Å². The first kappa shape index (κ1) is 49.4. The first-order valence-corrected chi connectivity index (χ1v) is 27.1. The lowest BCUT2D eigenvalue weighted by Crippen LogP contribution is -2.08. The summed E-state index contributed by atoms with van der Waals surface area (Å²) in [6, 6.07) is 87.8. The van der Waals surface area contributed by atoms with Gasteiger partial charge < -0.3 is 9.80 Å². The van der Waals surface area contributed by atoms with Gasteiger partial charge in [-0.05, 0) is 174 Å². The lowest BCUT2D eigenvalue weighted by Gasteiger charge is -2.19. The Morgan fingerprint density at radius 1 is 0.218 bits per heavy atom. The molecule has 14 aromatic rings. The number of nitrogens with zero attached hydrogens (tertiary/aromatic N) is 2. The monoisotopic (exact) mass is 1000 g/mol. The van der Waals surface area contributed by atoms with Crippen molar-refractivity contribution in [2.75, 3.05) is 23.9 Å². The van der Waals surface area contributed by atoms with E-state index in [4.69, 9.17) is 0 Å². The predicted octanol–water partition coefficient (Wildman–Crippen LogP) is 21.1. The smallest absolute Gasteiger partial charge is 0.0408 e. The molecule has 0 radical (unpaired) electrons. The van der Waals surface area contributed by atoms with Gasteiger partial charge in [0, 0.05) is 36.8 Å². The molecule has 0 aliphatic carbocycles. The standard InChI is InChI=1S/C30H16.2C23H23N/c1-5-17-6-2-10-20-24-15-16-26-22-12-4-8-18-7-3-11-21(28(18)22)25-14-13-23(29(24)30(25)26)19(9-1)27(17)20;2*1-18-4-8-20(9-5-18)10-11-21-12-16-23(17-13-21)24(3)22-14-6-19(2)7-15-22/h1-16H;2*4-17H,1-3H3/b;2*11-10+. The van der Waals surface area contributed by atoms with E-state index in [0.717, 1.165) is 0 Å². The van der Waals surface area contributed by atoms with Crippen LogP contribution in [0.25, 0.3) is 99.7 Å². The molecule has 0 heterocycles. The summed E-state index contributed by atoms with van der Waals surface area (Å²) in [5, 5.41) is 19.1. The number of benzene rings is 14. The second kappa shape index (κ2) is 21.3. The fourth-order valence-corrected chi connectivity index (χ4v) is 11.2. The SMILES string of the molecule is Cc1ccc(/C=C/c2ccc(N(C)c3ccc(C)cc3)cc2)cc1.Cc1ccc(/C=C/c2ccc(N(C)c3ccc(C)cc3)cc2)cc1.c1cc2cccc3c4ccc5c6cccc7cccc(c8ccc(c(c1)c23)c4c85)c76. The first-order chi connectivity index (χ1) is 38.1. The fraction of sp³-hybridized carbons (Fsp3) is 0.0789. The van der Waals surface area contributed by atoms with Crippen molar-refractivity contribution in [1.29, 1.82) is 0 Å². The molecule has 2 heteroatoms. The maximum Gasteiger partial charge on any atom is 0.0408 e. The molecule has 0 N–H and O–H groups in total. The minimum absolute atomic E-state index is 1.19. The zero-order chi connectivity index (χ0) is 53.3. The molecule has 0 atom stereocenters. The van der Waals surface area contributed by atoms with Gasteiger partial charge in [-0.2, -0.15) is 0 Å². The van der Waals surface area contributed by atoms with Crippen LogP contribution >= 0.6 is 0 Å². The quantitative estimate of drug-likeness (QED) is 0.0850. The summed E-state index contributed by atoms with van der Waals surface area (Å²) in [6.07, 6.45) is 8.61. The van der Waals surface area contributed by atoms with Gasteiger partial charge in [0.2, 0.25) is 0 Å². The van der Waals surface area contributed by atoms with Crippen molar-refractivity contribution in [2.45, 2.75) is 27.7 Å². The van der Waals surface area contributed by atoms with Crippen molar-refractivity contribution >= 4 is 122 Å². The van der Waals surface area contributed by atoms with Crippen molar-refractivity contribution in [3.63, 3.8) is 0 Å². The second-order valence-corrected chi connectivity index (χ2v) is 21.0. The van der Waals surface area contributed by atoms with E-state index in [0.29, 0.717) is 0 Å². The topological polar surface area (TPSA) is 6.48 Å². The van der Waals surface area contributed by atoms with E-state index in [1.54, 1.807) is 0 Å². The minimum Gasteiger partial charge on any atom is -0.345 e. The Labute approximate surface area is 458 Å². The Morgan fingerprint density at radius 2 is 0.423 bits per heavy atom. The van der Waals surface area contributed by atoms with Crippen molar-refractivity contribution in [3.05, 3.63) is 287 Å². The molecule has 0 fully saturated rings. The van der Waals surface area contributed by atoms with E-state index in [1.165, 1.54) is 143 Å². The van der Waals surface area contributed by atoms with Crippen LogP contribution in [0.2, 0.25) is 0 Å². The highest BCUT2D eigenvalue weighted by Crippen LogP contribution is 2.47. The van der Waals surface area contributed by atoms with E-state index in [1.807, 2.05) is 0 Å². The molecule has 0 saturated carbocycles. The van der Waals surface area contributed by atoms with E-state index >= 15 is 0 Å². The maximum absolute atomic E-state index is 2.35.